The van der Waals surface area contributed by atoms with Crippen LogP contribution in [0.3, 0.4) is 0 Å². The quantitative estimate of drug-likeness (QED) is 0.335. The van der Waals surface area contributed by atoms with Gasteiger partial charge in [-0.1, -0.05) is 30.3 Å². The summed E-state index contributed by atoms with van der Waals surface area (Å²) in [5.74, 6) is 0.939. The Kier molecular flexibility index (Phi) is 8.47. The van der Waals surface area contributed by atoms with Crippen molar-refractivity contribution < 1.29 is 24.1 Å². The number of carbonyl (C=O) groups is 1. The van der Waals surface area contributed by atoms with Crippen molar-refractivity contribution in [2.45, 2.75) is 39.7 Å². The summed E-state index contributed by atoms with van der Waals surface area (Å²) in [5.41, 5.74) is 0.446. The number of ether oxygens (including phenoxy) is 3. The number of esters is 1. The summed E-state index contributed by atoms with van der Waals surface area (Å²) in [4.78, 5) is 16.3. The Morgan fingerprint density at radius 2 is 1.70 bits per heavy atom. The van der Waals surface area contributed by atoms with E-state index in [4.69, 9.17) is 14.2 Å². The van der Waals surface area contributed by atoms with E-state index in [0.717, 1.165) is 5.56 Å². The summed E-state index contributed by atoms with van der Waals surface area (Å²) in [5, 5.41) is 9.87. The Hall–Kier alpha value is -3.28. The van der Waals surface area contributed by atoms with E-state index in [1.54, 1.807) is 58.2 Å². The van der Waals surface area contributed by atoms with Gasteiger partial charge >= 0.3 is 5.97 Å². The van der Waals surface area contributed by atoms with E-state index in [9.17, 15) is 9.90 Å². The molecular formula is C24H29NO5. The lowest BCUT2D eigenvalue weighted by Gasteiger charge is -2.24. The monoisotopic (exact) mass is 411 g/mol. The molecule has 6 heteroatoms. The van der Waals surface area contributed by atoms with Crippen LogP contribution < -0.4 is 9.47 Å². The van der Waals surface area contributed by atoms with Crippen molar-refractivity contribution in [1.82, 2.24) is 0 Å². The number of aliphatic hydroxyl groups is 1. The van der Waals surface area contributed by atoms with Crippen LogP contribution in [0.4, 0.5) is 0 Å². The number of carbonyl (C=O) groups excluding carboxylic acids is 1. The Labute approximate surface area is 177 Å². The lowest BCUT2D eigenvalue weighted by atomic mass is 10.1. The molecule has 0 fully saturated rings. The van der Waals surface area contributed by atoms with Gasteiger partial charge in [-0.15, -0.1) is 0 Å². The summed E-state index contributed by atoms with van der Waals surface area (Å²) in [7, 11) is 0. The third kappa shape index (κ3) is 7.28. The number of allylic oxidation sites excluding steroid dienone is 1. The summed E-state index contributed by atoms with van der Waals surface area (Å²) in [6, 6.07) is 16.7. The molecule has 160 valence electrons. The third-order valence-electron chi connectivity index (χ3n) is 4.16. The molecule has 0 bridgehead atoms. The summed E-state index contributed by atoms with van der Waals surface area (Å²) < 4.78 is 16.5. The van der Waals surface area contributed by atoms with Crippen LogP contribution >= 0.6 is 0 Å². The lowest BCUT2D eigenvalue weighted by Crippen LogP contribution is -2.39. The van der Waals surface area contributed by atoms with Crippen molar-refractivity contribution >= 4 is 12.2 Å². The molecule has 0 aliphatic heterocycles. The SMILES string of the molecule is CCOC(=O)C(C)(C)Oc1ccc(OCC/C(N=Cc2ccccc2)=C(\C)O)cc1. The van der Waals surface area contributed by atoms with E-state index in [-0.39, 0.29) is 5.76 Å². The summed E-state index contributed by atoms with van der Waals surface area (Å²) in [6.45, 7) is 7.35. The standard InChI is InChI=1S/C24H29NO5/c1-5-28-23(27)24(3,4)30-21-13-11-20(12-14-21)29-16-15-22(18(2)26)25-17-19-9-7-6-8-10-19/h6-14,17,26H,5,15-16H2,1-4H3/b22-18-,25-17?. The zero-order chi connectivity index (χ0) is 22.0. The maximum Gasteiger partial charge on any atom is 0.349 e. The lowest BCUT2D eigenvalue weighted by molar-refractivity contribution is -0.158. The molecule has 30 heavy (non-hydrogen) atoms. The molecule has 0 heterocycles. The van der Waals surface area contributed by atoms with Crippen LogP contribution in [0.25, 0.3) is 0 Å². The number of hydrogen-bond donors (Lipinski definition) is 1. The molecule has 0 radical (unpaired) electrons. The molecular weight excluding hydrogens is 382 g/mol. The fourth-order valence-corrected chi connectivity index (χ4v) is 2.54. The molecule has 0 atom stereocenters. The topological polar surface area (TPSA) is 77.4 Å². The first-order chi connectivity index (χ1) is 14.3. The number of aliphatic hydroxyl groups excluding tert-OH is 1. The highest BCUT2D eigenvalue weighted by atomic mass is 16.6. The van der Waals surface area contributed by atoms with Gasteiger partial charge in [0.2, 0.25) is 0 Å². The minimum Gasteiger partial charge on any atom is -0.511 e. The fourth-order valence-electron chi connectivity index (χ4n) is 2.54. The number of hydrogen-bond acceptors (Lipinski definition) is 6. The molecule has 6 nitrogen and oxygen atoms in total. The second-order valence-electron chi connectivity index (χ2n) is 7.10. The highest BCUT2D eigenvalue weighted by molar-refractivity contribution is 5.80. The van der Waals surface area contributed by atoms with Crippen LogP contribution in [-0.4, -0.2) is 36.1 Å². The van der Waals surface area contributed by atoms with Gasteiger partial charge in [0.05, 0.1) is 18.9 Å². The van der Waals surface area contributed by atoms with Crippen molar-refractivity contribution in [2.75, 3.05) is 13.2 Å². The Morgan fingerprint density at radius 1 is 1.07 bits per heavy atom. The molecule has 2 aromatic carbocycles. The largest absolute Gasteiger partial charge is 0.511 e. The van der Waals surface area contributed by atoms with E-state index < -0.39 is 11.6 Å². The third-order valence-corrected chi connectivity index (χ3v) is 4.16. The van der Waals surface area contributed by atoms with Gasteiger partial charge < -0.3 is 19.3 Å². The molecule has 0 aromatic heterocycles. The van der Waals surface area contributed by atoms with Crippen LogP contribution in [0.5, 0.6) is 11.5 Å². The second-order valence-corrected chi connectivity index (χ2v) is 7.10. The first kappa shape index (κ1) is 23.0. The van der Waals surface area contributed by atoms with Crippen molar-refractivity contribution in [3.63, 3.8) is 0 Å². The zero-order valence-corrected chi connectivity index (χ0v) is 17.9. The van der Waals surface area contributed by atoms with E-state index in [1.165, 1.54) is 0 Å². The number of nitrogens with zero attached hydrogens (tertiary/aromatic N) is 1. The van der Waals surface area contributed by atoms with Crippen LogP contribution in [0.15, 0.2) is 71.0 Å². The molecule has 2 rings (SSSR count). The molecule has 0 spiro atoms. The predicted molar refractivity (Wildman–Crippen MR) is 117 cm³/mol. The number of aliphatic imine (C=N–C) groups is 1. The van der Waals surface area contributed by atoms with E-state index >= 15 is 0 Å². The average molecular weight is 411 g/mol. The number of benzene rings is 2. The van der Waals surface area contributed by atoms with Crippen molar-refractivity contribution in [1.29, 1.82) is 0 Å². The molecule has 0 saturated carbocycles. The van der Waals surface area contributed by atoms with Gasteiger partial charge in [0.25, 0.3) is 0 Å². The maximum atomic E-state index is 11.9. The highest BCUT2D eigenvalue weighted by Crippen LogP contribution is 2.23. The summed E-state index contributed by atoms with van der Waals surface area (Å²) >= 11 is 0. The maximum absolute atomic E-state index is 11.9. The van der Waals surface area contributed by atoms with E-state index in [0.29, 0.717) is 36.8 Å². The van der Waals surface area contributed by atoms with Gasteiger partial charge in [-0.25, -0.2) is 4.79 Å². The average Bonchev–Trinajstić information content (AvgIpc) is 2.72. The van der Waals surface area contributed by atoms with Crippen LogP contribution in [0, 0.1) is 0 Å². The Morgan fingerprint density at radius 3 is 2.30 bits per heavy atom. The van der Waals surface area contributed by atoms with Gasteiger partial charge in [0.1, 0.15) is 17.3 Å². The van der Waals surface area contributed by atoms with Crippen molar-refractivity contribution in [2.24, 2.45) is 4.99 Å². The minimum absolute atomic E-state index is 0.163. The molecule has 0 aliphatic rings. The Bertz CT molecular complexity index is 866. The van der Waals surface area contributed by atoms with Gasteiger partial charge in [-0.3, -0.25) is 4.99 Å². The van der Waals surface area contributed by atoms with Crippen molar-refractivity contribution in [3.05, 3.63) is 71.6 Å². The minimum atomic E-state index is -1.08. The van der Waals surface area contributed by atoms with Gasteiger partial charge in [-0.2, -0.15) is 0 Å². The van der Waals surface area contributed by atoms with Gasteiger partial charge in [-0.05, 0) is 57.5 Å². The molecule has 1 N–H and O–H groups in total. The van der Waals surface area contributed by atoms with E-state index in [1.807, 2.05) is 30.3 Å². The van der Waals surface area contributed by atoms with Crippen LogP contribution in [0.2, 0.25) is 0 Å². The van der Waals surface area contributed by atoms with Crippen LogP contribution in [0.1, 0.15) is 39.7 Å². The molecule has 2 aromatic rings. The van der Waals surface area contributed by atoms with Crippen molar-refractivity contribution in [3.8, 4) is 11.5 Å². The number of rotatable bonds is 10. The van der Waals surface area contributed by atoms with Crippen LogP contribution in [-0.2, 0) is 9.53 Å². The first-order valence-corrected chi connectivity index (χ1v) is 9.88. The second kappa shape index (κ2) is 11.0. The van der Waals surface area contributed by atoms with Gasteiger partial charge in [0.15, 0.2) is 5.60 Å². The fraction of sp³-hybridized carbons (Fsp3) is 0.333. The predicted octanol–water partition coefficient (Wildman–Crippen LogP) is 5.08. The molecule has 0 amide bonds. The highest BCUT2D eigenvalue weighted by Gasteiger charge is 2.31. The molecule has 0 unspecified atom stereocenters. The molecule has 0 saturated heterocycles. The zero-order valence-electron chi connectivity index (χ0n) is 17.9. The smallest absolute Gasteiger partial charge is 0.349 e. The van der Waals surface area contributed by atoms with E-state index in [2.05, 4.69) is 4.99 Å². The first-order valence-electron chi connectivity index (χ1n) is 9.88. The Balaban J connectivity index is 1.89. The summed E-state index contributed by atoms with van der Waals surface area (Å²) in [6.07, 6.45) is 2.17. The molecule has 0 aliphatic carbocycles. The van der Waals surface area contributed by atoms with Gasteiger partial charge in [0, 0.05) is 12.6 Å². The normalized spacial score (nSPS) is 12.4.